The van der Waals surface area contributed by atoms with E-state index in [2.05, 4.69) is 5.10 Å². The lowest BCUT2D eigenvalue weighted by Gasteiger charge is -1.96. The summed E-state index contributed by atoms with van der Waals surface area (Å²) in [6, 6.07) is 6.83. The first kappa shape index (κ1) is 9.98. The van der Waals surface area contributed by atoms with Crippen LogP contribution in [-0.2, 0) is 7.05 Å². The molecule has 0 radical (unpaired) electrons. The molecule has 0 bridgehead atoms. The number of anilines is 1. The Morgan fingerprint density at radius 3 is 2.73 bits per heavy atom. The number of hydrogen-bond acceptors (Lipinski definition) is 2. The molecule has 78 valence electrons. The fraction of sp³-hybridized carbons (Fsp3) is 0.100. The summed E-state index contributed by atoms with van der Waals surface area (Å²) in [6.45, 7) is 0. The summed E-state index contributed by atoms with van der Waals surface area (Å²) < 4.78 is 14.9. The van der Waals surface area contributed by atoms with E-state index in [0.29, 0.717) is 10.6 Å². The van der Waals surface area contributed by atoms with Crippen molar-refractivity contribution in [3.8, 4) is 11.3 Å². The van der Waals surface area contributed by atoms with Crippen molar-refractivity contribution in [3.63, 3.8) is 0 Å². The van der Waals surface area contributed by atoms with E-state index in [1.54, 1.807) is 31.3 Å². The van der Waals surface area contributed by atoms with Crippen LogP contribution >= 0.6 is 11.6 Å². The molecular weight excluding hydrogens is 217 g/mol. The highest BCUT2D eigenvalue weighted by Gasteiger charge is 2.14. The number of rotatable bonds is 1. The van der Waals surface area contributed by atoms with Gasteiger partial charge in [-0.1, -0.05) is 23.7 Å². The fourth-order valence-corrected chi connectivity index (χ4v) is 1.52. The van der Waals surface area contributed by atoms with Gasteiger partial charge in [0.2, 0.25) is 0 Å². The Morgan fingerprint density at radius 2 is 2.20 bits per heavy atom. The lowest BCUT2D eigenvalue weighted by atomic mass is 10.1. The summed E-state index contributed by atoms with van der Waals surface area (Å²) in [6.07, 6.45) is 0. The second kappa shape index (κ2) is 3.55. The van der Waals surface area contributed by atoms with Crippen molar-refractivity contribution in [2.75, 3.05) is 5.73 Å². The van der Waals surface area contributed by atoms with Crippen LogP contribution in [-0.4, -0.2) is 9.78 Å². The highest BCUT2D eigenvalue weighted by atomic mass is 35.5. The van der Waals surface area contributed by atoms with Crippen molar-refractivity contribution in [1.82, 2.24) is 9.78 Å². The molecule has 0 atom stereocenters. The van der Waals surface area contributed by atoms with Gasteiger partial charge in [0.05, 0.1) is 0 Å². The molecule has 1 aromatic heterocycles. The normalized spacial score (nSPS) is 10.6. The topological polar surface area (TPSA) is 43.8 Å². The average molecular weight is 226 g/mol. The fourth-order valence-electron chi connectivity index (χ4n) is 1.33. The van der Waals surface area contributed by atoms with Crippen LogP contribution < -0.4 is 5.73 Å². The summed E-state index contributed by atoms with van der Waals surface area (Å²) in [5.41, 5.74) is 6.31. The number of halogens is 2. The maximum atomic E-state index is 13.6. The second-order valence-electron chi connectivity index (χ2n) is 3.18. The Hall–Kier alpha value is -1.55. The third-order valence-corrected chi connectivity index (χ3v) is 2.36. The first-order valence-electron chi connectivity index (χ1n) is 4.33. The average Bonchev–Trinajstić information content (AvgIpc) is 2.46. The maximum Gasteiger partial charge on any atom is 0.192 e. The minimum atomic E-state index is -0.514. The van der Waals surface area contributed by atoms with Crippen LogP contribution in [0.4, 0.5) is 10.2 Å². The Bertz CT molecular complexity index is 507. The highest BCUT2D eigenvalue weighted by molar-refractivity contribution is 6.30. The summed E-state index contributed by atoms with van der Waals surface area (Å²) in [5.74, 6) is -0.496. The monoisotopic (exact) mass is 225 g/mol. The Morgan fingerprint density at radius 1 is 1.47 bits per heavy atom. The van der Waals surface area contributed by atoms with Crippen molar-refractivity contribution < 1.29 is 4.39 Å². The molecule has 1 aromatic carbocycles. The first-order valence-corrected chi connectivity index (χ1v) is 4.71. The molecular formula is C10H9ClFN3. The summed E-state index contributed by atoms with van der Waals surface area (Å²) in [4.78, 5) is 0. The van der Waals surface area contributed by atoms with E-state index in [1.807, 2.05) is 0 Å². The predicted molar refractivity (Wildman–Crippen MR) is 58.0 cm³/mol. The summed E-state index contributed by atoms with van der Waals surface area (Å²) in [5, 5.41) is 4.52. The Balaban J connectivity index is 2.59. The molecule has 0 saturated carbocycles. The van der Waals surface area contributed by atoms with Gasteiger partial charge in [0, 0.05) is 17.6 Å². The largest absolute Gasteiger partial charge is 0.381 e. The van der Waals surface area contributed by atoms with E-state index in [4.69, 9.17) is 17.3 Å². The molecule has 0 spiro atoms. The summed E-state index contributed by atoms with van der Waals surface area (Å²) in [7, 11) is 1.59. The lowest BCUT2D eigenvalue weighted by molar-refractivity contribution is 0.634. The van der Waals surface area contributed by atoms with E-state index in [0.717, 1.165) is 0 Å². The number of nitrogens with two attached hydrogens (primary N) is 1. The van der Waals surface area contributed by atoms with Gasteiger partial charge in [-0.2, -0.15) is 5.10 Å². The van der Waals surface area contributed by atoms with Crippen LogP contribution in [0.3, 0.4) is 0 Å². The number of benzene rings is 1. The summed E-state index contributed by atoms with van der Waals surface area (Å²) >= 11 is 5.81. The van der Waals surface area contributed by atoms with Crippen LogP contribution in [0.2, 0.25) is 5.02 Å². The molecule has 0 fully saturated rings. The lowest BCUT2D eigenvalue weighted by Crippen LogP contribution is -1.97. The van der Waals surface area contributed by atoms with Crippen molar-refractivity contribution in [2.45, 2.75) is 0 Å². The van der Waals surface area contributed by atoms with Gasteiger partial charge in [-0.05, 0) is 12.1 Å². The maximum absolute atomic E-state index is 13.6. The van der Waals surface area contributed by atoms with Gasteiger partial charge in [0.1, 0.15) is 5.69 Å². The van der Waals surface area contributed by atoms with Crippen LogP contribution in [0.25, 0.3) is 11.3 Å². The van der Waals surface area contributed by atoms with Crippen molar-refractivity contribution in [2.24, 2.45) is 7.05 Å². The molecule has 3 nitrogen and oxygen atoms in total. The van der Waals surface area contributed by atoms with E-state index in [1.165, 1.54) is 4.68 Å². The number of hydrogen-bond donors (Lipinski definition) is 1. The highest BCUT2D eigenvalue weighted by Crippen LogP contribution is 2.26. The molecule has 0 aliphatic rings. The zero-order chi connectivity index (χ0) is 11.0. The van der Waals surface area contributed by atoms with Gasteiger partial charge in [-0.15, -0.1) is 0 Å². The van der Waals surface area contributed by atoms with Crippen molar-refractivity contribution in [1.29, 1.82) is 0 Å². The zero-order valence-corrected chi connectivity index (χ0v) is 8.79. The van der Waals surface area contributed by atoms with E-state index >= 15 is 0 Å². The van der Waals surface area contributed by atoms with Crippen LogP contribution in [0, 0.1) is 5.82 Å². The van der Waals surface area contributed by atoms with Crippen molar-refractivity contribution >= 4 is 17.4 Å². The van der Waals surface area contributed by atoms with Gasteiger partial charge < -0.3 is 5.73 Å². The first-order chi connectivity index (χ1) is 7.09. The van der Waals surface area contributed by atoms with E-state index < -0.39 is 5.82 Å². The zero-order valence-electron chi connectivity index (χ0n) is 8.04. The smallest absolute Gasteiger partial charge is 0.192 e. The Labute approximate surface area is 91.3 Å². The SMILES string of the molecule is Cn1nc(-c2cccc(Cl)c2)c(F)c1N. The number of aromatic nitrogens is 2. The van der Waals surface area contributed by atoms with Gasteiger partial charge in [0.25, 0.3) is 0 Å². The molecule has 1 heterocycles. The minimum absolute atomic E-state index is 0.0185. The molecule has 0 amide bonds. The molecule has 0 aliphatic carbocycles. The quantitative estimate of drug-likeness (QED) is 0.810. The third kappa shape index (κ3) is 1.68. The molecule has 15 heavy (non-hydrogen) atoms. The molecule has 0 aliphatic heterocycles. The van der Waals surface area contributed by atoms with Gasteiger partial charge in [-0.25, -0.2) is 9.07 Å². The molecule has 2 rings (SSSR count). The number of aryl methyl sites for hydroxylation is 1. The van der Waals surface area contributed by atoms with Crippen molar-refractivity contribution in [3.05, 3.63) is 35.1 Å². The number of nitrogen functional groups attached to an aromatic ring is 1. The van der Waals surface area contributed by atoms with Crippen LogP contribution in [0.1, 0.15) is 0 Å². The predicted octanol–water partition coefficient (Wildman–Crippen LogP) is 2.46. The van der Waals surface area contributed by atoms with Crippen LogP contribution in [0.15, 0.2) is 24.3 Å². The number of nitrogens with zero attached hydrogens (tertiary/aromatic N) is 2. The van der Waals surface area contributed by atoms with E-state index in [9.17, 15) is 4.39 Å². The Kier molecular flexibility index (Phi) is 2.36. The van der Waals surface area contributed by atoms with E-state index in [-0.39, 0.29) is 11.5 Å². The van der Waals surface area contributed by atoms with Gasteiger partial charge in [0.15, 0.2) is 11.6 Å². The molecule has 2 aromatic rings. The standard InChI is InChI=1S/C10H9ClFN3/c1-15-10(13)8(12)9(14-15)6-3-2-4-7(11)5-6/h2-5H,13H2,1H3. The van der Waals surface area contributed by atoms with Gasteiger partial charge >= 0.3 is 0 Å². The molecule has 0 unspecified atom stereocenters. The molecule has 5 heteroatoms. The minimum Gasteiger partial charge on any atom is -0.381 e. The van der Waals surface area contributed by atoms with Gasteiger partial charge in [-0.3, -0.25) is 0 Å². The third-order valence-electron chi connectivity index (χ3n) is 2.13. The molecule has 2 N–H and O–H groups in total. The van der Waals surface area contributed by atoms with Crippen LogP contribution in [0.5, 0.6) is 0 Å². The molecule has 0 saturated heterocycles. The second-order valence-corrected chi connectivity index (χ2v) is 3.62.